The predicted octanol–water partition coefficient (Wildman–Crippen LogP) is 2.59. The Morgan fingerprint density at radius 1 is 1.09 bits per heavy atom. The molecule has 1 aromatic carbocycles. The zero-order valence-corrected chi connectivity index (χ0v) is 13.2. The van der Waals surface area contributed by atoms with E-state index in [9.17, 15) is 5.11 Å². The molecule has 1 fully saturated rings. The summed E-state index contributed by atoms with van der Waals surface area (Å²) < 4.78 is 0. The summed E-state index contributed by atoms with van der Waals surface area (Å²) in [6.07, 6.45) is 2.96. The molecular weight excluding hydrogens is 298 g/mol. The van der Waals surface area contributed by atoms with E-state index >= 15 is 0 Å². The molecule has 0 aliphatic carbocycles. The normalized spacial score (nSPS) is 17.5. The molecule has 0 radical (unpaired) electrons. The van der Waals surface area contributed by atoms with Gasteiger partial charge in [0.25, 0.3) is 0 Å². The number of halogens is 1. The molecule has 1 aromatic heterocycles. The maximum absolute atomic E-state index is 10.3. The number of hydrogen-bond acceptors (Lipinski definition) is 4. The van der Waals surface area contributed by atoms with Crippen LogP contribution >= 0.6 is 11.6 Å². The molecule has 1 aliphatic rings. The fraction of sp³-hybridized carbons (Fsp3) is 0.353. The van der Waals surface area contributed by atoms with Crippen LogP contribution in [-0.2, 0) is 0 Å². The average molecular weight is 318 g/mol. The van der Waals surface area contributed by atoms with E-state index in [0.29, 0.717) is 6.54 Å². The van der Waals surface area contributed by atoms with Crippen molar-refractivity contribution in [1.29, 1.82) is 0 Å². The van der Waals surface area contributed by atoms with Crippen molar-refractivity contribution in [2.24, 2.45) is 0 Å². The van der Waals surface area contributed by atoms with Crippen LogP contribution in [0.5, 0.6) is 0 Å². The summed E-state index contributed by atoms with van der Waals surface area (Å²) in [5, 5.41) is 11.1. The van der Waals surface area contributed by atoms with E-state index in [0.717, 1.165) is 42.5 Å². The van der Waals surface area contributed by atoms with Crippen LogP contribution in [0.15, 0.2) is 48.8 Å². The van der Waals surface area contributed by atoms with Gasteiger partial charge in [-0.05, 0) is 18.2 Å². The zero-order valence-electron chi connectivity index (χ0n) is 12.4. The van der Waals surface area contributed by atoms with Gasteiger partial charge < -0.3 is 10.0 Å². The number of β-amino-alcohol motifs (C(OH)–C–C–N with tert-alkyl or cyclic N) is 1. The summed E-state index contributed by atoms with van der Waals surface area (Å²) in [4.78, 5) is 8.64. The Bertz CT molecular complexity index is 600. The highest BCUT2D eigenvalue weighted by molar-refractivity contribution is 6.33. The number of rotatable bonds is 4. The van der Waals surface area contributed by atoms with Crippen molar-refractivity contribution in [1.82, 2.24) is 9.88 Å². The molecule has 5 heteroatoms. The van der Waals surface area contributed by atoms with Gasteiger partial charge in [-0.3, -0.25) is 9.88 Å². The van der Waals surface area contributed by atoms with Gasteiger partial charge in [-0.25, -0.2) is 0 Å². The van der Waals surface area contributed by atoms with Crippen LogP contribution in [-0.4, -0.2) is 47.7 Å². The highest BCUT2D eigenvalue weighted by Crippen LogP contribution is 2.26. The van der Waals surface area contributed by atoms with E-state index in [-0.39, 0.29) is 0 Å². The number of hydrogen-bond donors (Lipinski definition) is 1. The third-order valence-corrected chi connectivity index (χ3v) is 4.39. The van der Waals surface area contributed by atoms with Crippen molar-refractivity contribution in [2.45, 2.75) is 6.10 Å². The van der Waals surface area contributed by atoms with Crippen molar-refractivity contribution in [3.05, 3.63) is 59.4 Å². The van der Waals surface area contributed by atoms with Crippen LogP contribution in [0.25, 0.3) is 0 Å². The molecule has 1 atom stereocenters. The first-order chi connectivity index (χ1) is 10.7. The second-order valence-corrected chi connectivity index (χ2v) is 5.95. The Labute approximate surface area is 136 Å². The van der Waals surface area contributed by atoms with Gasteiger partial charge in [0.1, 0.15) is 0 Å². The number of anilines is 1. The summed E-state index contributed by atoms with van der Waals surface area (Å²) in [6.45, 7) is 4.32. The largest absolute Gasteiger partial charge is 0.387 e. The fourth-order valence-corrected chi connectivity index (χ4v) is 3.06. The minimum absolute atomic E-state index is 0.486. The Morgan fingerprint density at radius 2 is 1.86 bits per heavy atom. The molecular formula is C17H20ClN3O. The minimum Gasteiger partial charge on any atom is -0.387 e. The summed E-state index contributed by atoms with van der Waals surface area (Å²) in [6, 6.07) is 11.7. The number of piperazine rings is 1. The topological polar surface area (TPSA) is 39.6 Å². The van der Waals surface area contributed by atoms with Crippen molar-refractivity contribution < 1.29 is 5.11 Å². The summed E-state index contributed by atoms with van der Waals surface area (Å²) in [7, 11) is 0. The molecule has 3 rings (SSSR count). The van der Waals surface area contributed by atoms with Crippen LogP contribution < -0.4 is 4.90 Å². The van der Waals surface area contributed by atoms with E-state index in [2.05, 4.69) is 20.9 Å². The van der Waals surface area contributed by atoms with Crippen molar-refractivity contribution in [2.75, 3.05) is 37.6 Å². The van der Waals surface area contributed by atoms with E-state index in [4.69, 9.17) is 11.6 Å². The predicted molar refractivity (Wildman–Crippen MR) is 89.3 cm³/mol. The van der Waals surface area contributed by atoms with Gasteiger partial charge in [-0.2, -0.15) is 0 Å². The molecule has 116 valence electrons. The SMILES string of the molecule is OC(CN1CCN(c2ccccc2Cl)CC1)c1cccnc1. The lowest BCUT2D eigenvalue weighted by atomic mass is 10.1. The first-order valence-corrected chi connectivity index (χ1v) is 7.91. The lowest BCUT2D eigenvalue weighted by Gasteiger charge is -2.37. The quantitative estimate of drug-likeness (QED) is 0.941. The second kappa shape index (κ2) is 7.09. The molecule has 0 amide bonds. The summed E-state index contributed by atoms with van der Waals surface area (Å²) in [5.41, 5.74) is 1.97. The highest BCUT2D eigenvalue weighted by atomic mass is 35.5. The molecule has 2 heterocycles. The second-order valence-electron chi connectivity index (χ2n) is 5.54. The van der Waals surface area contributed by atoms with Crippen LogP contribution in [0.4, 0.5) is 5.69 Å². The number of benzene rings is 1. The van der Waals surface area contributed by atoms with E-state index in [1.807, 2.05) is 30.3 Å². The van der Waals surface area contributed by atoms with Gasteiger partial charge >= 0.3 is 0 Å². The van der Waals surface area contributed by atoms with Gasteiger partial charge in [0.2, 0.25) is 0 Å². The monoisotopic (exact) mass is 317 g/mol. The molecule has 1 aliphatic heterocycles. The van der Waals surface area contributed by atoms with Crippen LogP contribution in [0, 0.1) is 0 Å². The molecule has 1 saturated heterocycles. The third kappa shape index (κ3) is 3.58. The molecule has 0 spiro atoms. The number of aliphatic hydroxyl groups is 1. The fourth-order valence-electron chi connectivity index (χ4n) is 2.80. The van der Waals surface area contributed by atoms with Gasteiger partial charge in [0.05, 0.1) is 16.8 Å². The van der Waals surface area contributed by atoms with E-state index in [1.54, 1.807) is 12.4 Å². The molecule has 22 heavy (non-hydrogen) atoms. The first-order valence-electron chi connectivity index (χ1n) is 7.54. The number of para-hydroxylation sites is 1. The summed E-state index contributed by atoms with van der Waals surface area (Å²) in [5.74, 6) is 0. The van der Waals surface area contributed by atoms with Crippen LogP contribution in [0.3, 0.4) is 0 Å². The molecule has 1 unspecified atom stereocenters. The number of aromatic nitrogens is 1. The molecule has 4 nitrogen and oxygen atoms in total. The van der Waals surface area contributed by atoms with Crippen molar-refractivity contribution in [3.8, 4) is 0 Å². The summed E-state index contributed by atoms with van der Waals surface area (Å²) >= 11 is 6.26. The first kappa shape index (κ1) is 15.3. The maximum Gasteiger partial charge on any atom is 0.0931 e. The van der Waals surface area contributed by atoms with Gasteiger partial charge in [-0.1, -0.05) is 29.8 Å². The Morgan fingerprint density at radius 3 is 2.55 bits per heavy atom. The standard InChI is InChI=1S/C17H20ClN3O/c18-15-5-1-2-6-16(15)21-10-8-20(9-11-21)13-17(22)14-4-3-7-19-12-14/h1-7,12,17,22H,8-11,13H2. The lowest BCUT2D eigenvalue weighted by Crippen LogP contribution is -2.47. The Kier molecular flexibility index (Phi) is 4.93. The maximum atomic E-state index is 10.3. The average Bonchev–Trinajstić information content (AvgIpc) is 2.57. The number of aliphatic hydroxyl groups excluding tert-OH is 1. The van der Waals surface area contributed by atoms with E-state index in [1.165, 1.54) is 0 Å². The smallest absolute Gasteiger partial charge is 0.0931 e. The molecule has 0 saturated carbocycles. The number of pyridine rings is 1. The van der Waals surface area contributed by atoms with Gasteiger partial charge in [0, 0.05) is 50.7 Å². The minimum atomic E-state index is -0.486. The molecule has 1 N–H and O–H groups in total. The highest BCUT2D eigenvalue weighted by Gasteiger charge is 2.21. The van der Waals surface area contributed by atoms with Crippen molar-refractivity contribution >= 4 is 17.3 Å². The molecule has 0 bridgehead atoms. The Balaban J connectivity index is 1.55. The van der Waals surface area contributed by atoms with Crippen LogP contribution in [0.1, 0.15) is 11.7 Å². The Hall–Kier alpha value is -1.62. The lowest BCUT2D eigenvalue weighted by molar-refractivity contribution is 0.109. The zero-order chi connectivity index (χ0) is 15.4. The van der Waals surface area contributed by atoms with Gasteiger partial charge in [0.15, 0.2) is 0 Å². The van der Waals surface area contributed by atoms with Crippen LogP contribution in [0.2, 0.25) is 5.02 Å². The van der Waals surface area contributed by atoms with E-state index < -0.39 is 6.10 Å². The number of nitrogens with zero attached hydrogens (tertiary/aromatic N) is 3. The molecule has 2 aromatic rings. The third-order valence-electron chi connectivity index (χ3n) is 4.07. The van der Waals surface area contributed by atoms with Crippen molar-refractivity contribution in [3.63, 3.8) is 0 Å². The van der Waals surface area contributed by atoms with Gasteiger partial charge in [-0.15, -0.1) is 0 Å².